The topological polar surface area (TPSA) is 3.24 Å². The number of hydrogen-bond donors (Lipinski definition) is 0. The molecule has 0 bridgehead atoms. The molecule has 0 aromatic heterocycles. The molecule has 1 spiro atoms. The molecule has 13 rings (SSSR count). The average Bonchev–Trinajstić information content (AvgIpc) is 3.92. The number of nitrogens with zero attached hydrogens (tertiary/aromatic N) is 1. The lowest BCUT2D eigenvalue weighted by molar-refractivity contribution is 0.660. The van der Waals surface area contributed by atoms with Gasteiger partial charge in [-0.15, -0.1) is 0 Å². The molecule has 0 saturated heterocycles. The van der Waals surface area contributed by atoms with Crippen LogP contribution in [-0.2, 0) is 16.2 Å². The van der Waals surface area contributed by atoms with Crippen LogP contribution in [0.1, 0.15) is 72.2 Å². The minimum atomic E-state index is -0.425. The van der Waals surface area contributed by atoms with Gasteiger partial charge >= 0.3 is 0 Å². The van der Waals surface area contributed by atoms with Crippen LogP contribution in [0.3, 0.4) is 0 Å². The Bertz CT molecular complexity index is 3340. The van der Waals surface area contributed by atoms with Crippen LogP contribution >= 0.6 is 0 Å². The van der Waals surface area contributed by atoms with Crippen LogP contribution in [-0.4, -0.2) is 0 Å². The third-order valence-electron chi connectivity index (χ3n) is 14.9. The van der Waals surface area contributed by atoms with Gasteiger partial charge in [0.05, 0.1) is 11.1 Å². The molecule has 0 heterocycles. The molecule has 1 unspecified atom stereocenters. The summed E-state index contributed by atoms with van der Waals surface area (Å²) in [5.41, 5.74) is 24.5. The Morgan fingerprint density at radius 1 is 0.317 bits per heavy atom. The van der Waals surface area contributed by atoms with Gasteiger partial charge in [-0.3, -0.25) is 0 Å². The van der Waals surface area contributed by atoms with E-state index in [1.165, 1.54) is 111 Å². The van der Waals surface area contributed by atoms with Crippen LogP contribution in [0.25, 0.3) is 55.3 Å². The molecule has 284 valence electrons. The standard InChI is InChI=1S/C59H43N/c1-57(2)47-23-12-9-20-43(47)56-51(57)26-15-27-54(56)60(38-29-31-42-40-18-7-11-22-46(40)58(3,4)53(42)35-38)37-30-33-50-45(34-37)41-19-8-13-24-48(41)59(50)49-25-14-10-21-44(49)55-39-17-6-5-16-36(39)28-32-52(55)59/h5-35H,1-4H3. The maximum absolute atomic E-state index is 2.56. The average molecular weight is 766 g/mol. The van der Waals surface area contributed by atoms with E-state index in [2.05, 4.69) is 221 Å². The van der Waals surface area contributed by atoms with E-state index in [9.17, 15) is 0 Å². The van der Waals surface area contributed by atoms with Crippen molar-refractivity contribution in [1.82, 2.24) is 0 Å². The first-order chi connectivity index (χ1) is 29.3. The number of benzene rings is 9. The first-order valence-electron chi connectivity index (χ1n) is 21.4. The van der Waals surface area contributed by atoms with Crippen molar-refractivity contribution in [2.45, 2.75) is 43.9 Å². The van der Waals surface area contributed by atoms with E-state index in [4.69, 9.17) is 0 Å². The smallest absolute Gasteiger partial charge is 0.0725 e. The van der Waals surface area contributed by atoms with Crippen molar-refractivity contribution in [2.24, 2.45) is 0 Å². The van der Waals surface area contributed by atoms with Crippen molar-refractivity contribution < 1.29 is 0 Å². The first kappa shape index (κ1) is 34.0. The number of rotatable bonds is 3. The molecule has 1 atom stereocenters. The van der Waals surface area contributed by atoms with Crippen LogP contribution in [0.4, 0.5) is 17.1 Å². The second-order valence-electron chi connectivity index (χ2n) is 18.4. The Morgan fingerprint density at radius 3 is 1.58 bits per heavy atom. The Morgan fingerprint density at radius 2 is 0.817 bits per heavy atom. The van der Waals surface area contributed by atoms with Crippen LogP contribution in [0.15, 0.2) is 188 Å². The van der Waals surface area contributed by atoms with Crippen molar-refractivity contribution in [3.8, 4) is 44.5 Å². The molecule has 0 aliphatic heterocycles. The molecule has 1 heteroatoms. The second-order valence-corrected chi connectivity index (χ2v) is 18.4. The second kappa shape index (κ2) is 11.6. The summed E-state index contributed by atoms with van der Waals surface area (Å²) in [6, 6.07) is 71.6. The maximum Gasteiger partial charge on any atom is 0.0725 e. The van der Waals surface area contributed by atoms with Crippen molar-refractivity contribution >= 4 is 27.8 Å². The summed E-state index contributed by atoms with van der Waals surface area (Å²) in [4.78, 5) is 2.56. The largest absolute Gasteiger partial charge is 0.310 e. The Hall–Kier alpha value is -6.96. The molecule has 0 fully saturated rings. The van der Waals surface area contributed by atoms with Crippen molar-refractivity contribution in [1.29, 1.82) is 0 Å². The lowest BCUT2D eigenvalue weighted by Gasteiger charge is -2.32. The van der Waals surface area contributed by atoms with Gasteiger partial charge in [-0.2, -0.15) is 0 Å². The lowest BCUT2D eigenvalue weighted by atomic mass is 9.70. The predicted octanol–water partition coefficient (Wildman–Crippen LogP) is 15.3. The van der Waals surface area contributed by atoms with Gasteiger partial charge in [-0.05, 0) is 125 Å². The Balaban J connectivity index is 1.09. The summed E-state index contributed by atoms with van der Waals surface area (Å²) < 4.78 is 0. The number of fused-ring (bicyclic) bond motifs is 18. The minimum absolute atomic E-state index is 0.119. The fraction of sp³-hybridized carbons (Fsp3) is 0.119. The Labute approximate surface area is 352 Å². The van der Waals surface area contributed by atoms with E-state index in [-0.39, 0.29) is 10.8 Å². The van der Waals surface area contributed by atoms with E-state index in [0.29, 0.717) is 0 Å². The van der Waals surface area contributed by atoms with Gasteiger partial charge < -0.3 is 4.90 Å². The highest BCUT2D eigenvalue weighted by Crippen LogP contribution is 2.65. The summed E-state index contributed by atoms with van der Waals surface area (Å²) in [5.74, 6) is 0. The zero-order chi connectivity index (χ0) is 40.1. The quantitative estimate of drug-likeness (QED) is 0.173. The van der Waals surface area contributed by atoms with Gasteiger partial charge in [-0.1, -0.05) is 185 Å². The molecule has 0 N–H and O–H groups in total. The van der Waals surface area contributed by atoms with E-state index >= 15 is 0 Å². The maximum atomic E-state index is 2.56. The normalized spacial score (nSPS) is 17.3. The molecule has 0 radical (unpaired) electrons. The highest BCUT2D eigenvalue weighted by Gasteiger charge is 2.52. The van der Waals surface area contributed by atoms with Gasteiger partial charge in [0.2, 0.25) is 0 Å². The molecular weight excluding hydrogens is 723 g/mol. The van der Waals surface area contributed by atoms with E-state index < -0.39 is 5.41 Å². The lowest BCUT2D eigenvalue weighted by Crippen LogP contribution is -2.25. The van der Waals surface area contributed by atoms with E-state index in [0.717, 1.165) is 5.69 Å². The molecule has 0 saturated carbocycles. The fourth-order valence-corrected chi connectivity index (χ4v) is 12.2. The van der Waals surface area contributed by atoms with Gasteiger partial charge in [0, 0.05) is 27.8 Å². The van der Waals surface area contributed by atoms with Crippen molar-refractivity contribution in [3.05, 3.63) is 233 Å². The summed E-state index contributed by atoms with van der Waals surface area (Å²) in [6.45, 7) is 9.54. The minimum Gasteiger partial charge on any atom is -0.310 e. The van der Waals surface area contributed by atoms with Crippen LogP contribution in [0.5, 0.6) is 0 Å². The molecule has 1 nitrogen and oxygen atoms in total. The molecule has 4 aliphatic carbocycles. The first-order valence-corrected chi connectivity index (χ1v) is 21.4. The number of anilines is 3. The highest BCUT2D eigenvalue weighted by molar-refractivity contribution is 6.07. The van der Waals surface area contributed by atoms with Crippen molar-refractivity contribution in [2.75, 3.05) is 4.90 Å². The summed E-state index contributed by atoms with van der Waals surface area (Å²) in [7, 11) is 0. The molecule has 4 aliphatic rings. The van der Waals surface area contributed by atoms with Gasteiger partial charge in [0.25, 0.3) is 0 Å². The summed E-state index contributed by atoms with van der Waals surface area (Å²) >= 11 is 0. The molecular formula is C59H43N. The summed E-state index contributed by atoms with van der Waals surface area (Å²) in [6.07, 6.45) is 0. The zero-order valence-corrected chi connectivity index (χ0v) is 34.3. The molecule has 9 aromatic rings. The third-order valence-corrected chi connectivity index (χ3v) is 14.9. The van der Waals surface area contributed by atoms with Crippen molar-refractivity contribution in [3.63, 3.8) is 0 Å². The van der Waals surface area contributed by atoms with Gasteiger partial charge in [-0.25, -0.2) is 0 Å². The number of hydrogen-bond acceptors (Lipinski definition) is 1. The molecule has 60 heavy (non-hydrogen) atoms. The third kappa shape index (κ3) is 4.08. The highest BCUT2D eigenvalue weighted by atomic mass is 15.1. The van der Waals surface area contributed by atoms with Gasteiger partial charge in [0.1, 0.15) is 0 Å². The van der Waals surface area contributed by atoms with Crippen LogP contribution < -0.4 is 4.90 Å². The monoisotopic (exact) mass is 765 g/mol. The van der Waals surface area contributed by atoms with Crippen LogP contribution in [0, 0.1) is 0 Å². The predicted molar refractivity (Wildman–Crippen MR) is 250 cm³/mol. The fourth-order valence-electron chi connectivity index (χ4n) is 12.2. The van der Waals surface area contributed by atoms with Gasteiger partial charge in [0.15, 0.2) is 0 Å². The zero-order valence-electron chi connectivity index (χ0n) is 34.3. The summed E-state index contributed by atoms with van der Waals surface area (Å²) in [5, 5.41) is 2.59. The molecule has 9 aromatic carbocycles. The molecule has 0 amide bonds. The van der Waals surface area contributed by atoms with Crippen LogP contribution in [0.2, 0.25) is 0 Å². The SMILES string of the molecule is CC1(C)c2ccccc2-c2ccc(N(c3ccc4c(c3)-c3ccccc3C43c4ccccc4-c4c3ccc3ccccc43)c3cccc4c3-c3ccccc3C4(C)C)cc21. The van der Waals surface area contributed by atoms with E-state index in [1.807, 2.05) is 0 Å². The Kier molecular flexibility index (Phi) is 6.57. The van der Waals surface area contributed by atoms with E-state index in [1.54, 1.807) is 0 Å².